The van der Waals surface area contributed by atoms with Gasteiger partial charge in [-0.2, -0.15) is 10.2 Å². The maximum Gasteiger partial charge on any atom is 0.282 e. The number of aryl methyl sites for hydroxylation is 1. The van der Waals surface area contributed by atoms with Gasteiger partial charge < -0.3 is 10.1 Å². The minimum atomic E-state index is -0.191. The molecular formula is C16H16BrN5O2. The lowest BCUT2D eigenvalue weighted by Crippen LogP contribution is -2.21. The Labute approximate surface area is 147 Å². The highest BCUT2D eigenvalue weighted by Crippen LogP contribution is 2.17. The fourth-order valence-electron chi connectivity index (χ4n) is 2.15. The van der Waals surface area contributed by atoms with E-state index in [1.807, 2.05) is 36.5 Å². The quantitative estimate of drug-likeness (QED) is 0.724. The molecule has 0 aliphatic heterocycles. The number of rotatable bonds is 5. The van der Waals surface area contributed by atoms with Gasteiger partial charge in [0, 0.05) is 13.2 Å². The fourth-order valence-corrected chi connectivity index (χ4v) is 2.65. The van der Waals surface area contributed by atoms with Crippen LogP contribution < -0.4 is 15.6 Å². The molecule has 2 heterocycles. The summed E-state index contributed by atoms with van der Waals surface area (Å²) in [4.78, 5) is 11.8. The molecule has 1 N–H and O–H groups in total. The van der Waals surface area contributed by atoms with Crippen molar-refractivity contribution < 1.29 is 4.74 Å². The van der Waals surface area contributed by atoms with E-state index in [2.05, 4.69) is 31.4 Å². The smallest absolute Gasteiger partial charge is 0.282 e. The molecule has 0 bridgehead atoms. The third-order valence-electron chi connectivity index (χ3n) is 3.52. The second kappa shape index (κ2) is 6.88. The highest BCUT2D eigenvalue weighted by molar-refractivity contribution is 9.10. The van der Waals surface area contributed by atoms with Crippen LogP contribution in [-0.2, 0) is 13.6 Å². The molecule has 0 saturated carbocycles. The minimum absolute atomic E-state index is 0.191. The number of benzene rings is 1. The van der Waals surface area contributed by atoms with Gasteiger partial charge in [0.05, 0.1) is 36.9 Å². The molecule has 0 atom stereocenters. The monoisotopic (exact) mass is 389 g/mol. The number of hydrogen-bond donors (Lipinski definition) is 1. The van der Waals surface area contributed by atoms with Crippen LogP contribution in [0.4, 0.5) is 5.69 Å². The normalized spacial score (nSPS) is 10.6. The van der Waals surface area contributed by atoms with Crippen molar-refractivity contribution in [1.82, 2.24) is 19.6 Å². The first-order valence-electron chi connectivity index (χ1n) is 7.23. The van der Waals surface area contributed by atoms with E-state index < -0.39 is 0 Å². The Balaban J connectivity index is 1.72. The summed E-state index contributed by atoms with van der Waals surface area (Å²) in [6, 6.07) is 9.56. The molecule has 0 saturated heterocycles. The van der Waals surface area contributed by atoms with E-state index in [1.165, 1.54) is 4.68 Å². The third kappa shape index (κ3) is 3.33. The van der Waals surface area contributed by atoms with Crippen molar-refractivity contribution in [2.24, 2.45) is 7.05 Å². The number of aromatic nitrogens is 4. The lowest BCUT2D eigenvalue weighted by molar-refractivity contribution is 0.414. The maximum atomic E-state index is 11.8. The number of nitrogens with one attached hydrogen (secondary N) is 1. The van der Waals surface area contributed by atoms with Gasteiger partial charge in [-0.25, -0.2) is 9.36 Å². The number of anilines is 1. The summed E-state index contributed by atoms with van der Waals surface area (Å²) in [6.07, 6.45) is 3.49. The van der Waals surface area contributed by atoms with Gasteiger partial charge in [-0.3, -0.25) is 4.79 Å². The molecule has 0 amide bonds. The zero-order valence-corrected chi connectivity index (χ0v) is 14.8. The molecule has 3 rings (SSSR count). The second-order valence-corrected chi connectivity index (χ2v) is 5.90. The molecule has 0 aliphatic carbocycles. The number of methoxy groups -OCH3 is 1. The summed E-state index contributed by atoms with van der Waals surface area (Å²) in [5, 5.41) is 11.7. The average molecular weight is 390 g/mol. The maximum absolute atomic E-state index is 11.8. The van der Waals surface area contributed by atoms with Crippen LogP contribution in [0, 0.1) is 0 Å². The molecule has 24 heavy (non-hydrogen) atoms. The molecule has 0 spiro atoms. The Bertz CT molecular complexity index is 902. The van der Waals surface area contributed by atoms with E-state index in [0.717, 1.165) is 17.1 Å². The van der Waals surface area contributed by atoms with Crippen molar-refractivity contribution in [2.45, 2.75) is 6.54 Å². The number of ether oxygens (including phenoxy) is 1. The molecule has 2 aromatic heterocycles. The molecule has 7 nitrogen and oxygen atoms in total. The van der Waals surface area contributed by atoms with Crippen LogP contribution in [0.5, 0.6) is 5.75 Å². The minimum Gasteiger partial charge on any atom is -0.497 e. The van der Waals surface area contributed by atoms with Crippen LogP contribution in [0.3, 0.4) is 0 Å². The van der Waals surface area contributed by atoms with E-state index in [-0.39, 0.29) is 5.56 Å². The van der Waals surface area contributed by atoms with Crippen LogP contribution in [0.25, 0.3) is 5.69 Å². The van der Waals surface area contributed by atoms with Crippen molar-refractivity contribution in [2.75, 3.05) is 12.4 Å². The summed E-state index contributed by atoms with van der Waals surface area (Å²) < 4.78 is 8.66. The van der Waals surface area contributed by atoms with E-state index >= 15 is 0 Å². The van der Waals surface area contributed by atoms with Crippen molar-refractivity contribution in [3.8, 4) is 11.4 Å². The Hall–Kier alpha value is -2.61. The van der Waals surface area contributed by atoms with Crippen molar-refractivity contribution in [3.05, 3.63) is 63.2 Å². The standard InChI is InChI=1S/C16H16BrN5O2/c1-21-16(23)15(17)14(10-19-21)18-9-11-7-8-22(20-11)12-3-5-13(24-2)6-4-12/h3-8,10,18H,9H2,1-2H3. The van der Waals surface area contributed by atoms with Crippen LogP contribution in [-0.4, -0.2) is 26.7 Å². The van der Waals surface area contributed by atoms with Gasteiger partial charge in [-0.1, -0.05) is 0 Å². The SMILES string of the molecule is COc1ccc(-n2ccc(CNc3cnn(C)c(=O)c3Br)n2)cc1. The molecule has 0 fully saturated rings. The highest BCUT2D eigenvalue weighted by atomic mass is 79.9. The second-order valence-electron chi connectivity index (χ2n) is 5.10. The van der Waals surface area contributed by atoms with E-state index in [9.17, 15) is 4.79 Å². The van der Waals surface area contributed by atoms with Gasteiger partial charge in [-0.15, -0.1) is 0 Å². The Kier molecular flexibility index (Phi) is 4.66. The van der Waals surface area contributed by atoms with Gasteiger partial charge in [-0.05, 0) is 46.3 Å². The summed E-state index contributed by atoms with van der Waals surface area (Å²) in [6.45, 7) is 0.483. The van der Waals surface area contributed by atoms with Crippen LogP contribution in [0.1, 0.15) is 5.69 Å². The molecule has 0 radical (unpaired) electrons. The van der Waals surface area contributed by atoms with E-state index in [1.54, 1.807) is 25.0 Å². The highest BCUT2D eigenvalue weighted by Gasteiger charge is 2.07. The van der Waals surface area contributed by atoms with Crippen LogP contribution >= 0.6 is 15.9 Å². The zero-order valence-electron chi connectivity index (χ0n) is 13.2. The van der Waals surface area contributed by atoms with E-state index in [0.29, 0.717) is 16.7 Å². The fraction of sp³-hybridized carbons (Fsp3) is 0.188. The van der Waals surface area contributed by atoms with E-state index in [4.69, 9.17) is 4.74 Å². The van der Waals surface area contributed by atoms with Gasteiger partial charge in [0.2, 0.25) is 0 Å². The predicted molar refractivity (Wildman–Crippen MR) is 94.6 cm³/mol. The number of hydrogen-bond acceptors (Lipinski definition) is 5. The number of nitrogens with zero attached hydrogens (tertiary/aromatic N) is 4. The van der Waals surface area contributed by atoms with Crippen molar-refractivity contribution in [1.29, 1.82) is 0 Å². The summed E-state index contributed by atoms with van der Waals surface area (Å²) >= 11 is 3.29. The molecular weight excluding hydrogens is 374 g/mol. The molecule has 0 unspecified atom stereocenters. The molecule has 124 valence electrons. The molecule has 8 heteroatoms. The topological polar surface area (TPSA) is 74.0 Å². The summed E-state index contributed by atoms with van der Waals surface area (Å²) in [5.41, 5.74) is 2.23. The average Bonchev–Trinajstić information content (AvgIpc) is 3.08. The Morgan fingerprint density at radius 1 is 1.25 bits per heavy atom. The third-order valence-corrected chi connectivity index (χ3v) is 4.29. The number of halogens is 1. The van der Waals surface area contributed by atoms with Gasteiger partial charge >= 0.3 is 0 Å². The first kappa shape index (κ1) is 16.3. The predicted octanol–water partition coefficient (Wildman–Crippen LogP) is 2.35. The van der Waals surface area contributed by atoms with Crippen molar-refractivity contribution in [3.63, 3.8) is 0 Å². The zero-order chi connectivity index (χ0) is 17.1. The first-order chi connectivity index (χ1) is 11.6. The summed E-state index contributed by atoms with van der Waals surface area (Å²) in [7, 11) is 3.24. The lowest BCUT2D eigenvalue weighted by Gasteiger charge is -2.07. The Morgan fingerprint density at radius 2 is 2.00 bits per heavy atom. The molecule has 0 aliphatic rings. The summed E-state index contributed by atoms with van der Waals surface area (Å²) in [5.74, 6) is 0.802. The van der Waals surface area contributed by atoms with Crippen LogP contribution in [0.2, 0.25) is 0 Å². The largest absolute Gasteiger partial charge is 0.497 e. The molecule has 1 aromatic carbocycles. The lowest BCUT2D eigenvalue weighted by atomic mass is 10.3. The molecule has 3 aromatic rings. The van der Waals surface area contributed by atoms with Gasteiger partial charge in [0.1, 0.15) is 10.2 Å². The van der Waals surface area contributed by atoms with Crippen LogP contribution in [0.15, 0.2) is 52.0 Å². The Morgan fingerprint density at radius 3 is 2.71 bits per heavy atom. The van der Waals surface area contributed by atoms with Crippen molar-refractivity contribution >= 4 is 21.6 Å². The van der Waals surface area contributed by atoms with Gasteiger partial charge in [0.25, 0.3) is 5.56 Å². The van der Waals surface area contributed by atoms with Gasteiger partial charge in [0.15, 0.2) is 0 Å². The first-order valence-corrected chi connectivity index (χ1v) is 8.02.